The Balaban J connectivity index is 1.31. The molecule has 0 atom stereocenters. The fraction of sp³-hybridized carbons (Fsp3) is 0.226. The van der Waals surface area contributed by atoms with Gasteiger partial charge in [-0.15, -0.1) is 22.7 Å². The third kappa shape index (κ3) is 5.35. The van der Waals surface area contributed by atoms with Gasteiger partial charge >= 0.3 is 5.97 Å². The largest absolute Gasteiger partial charge is 0.465 e. The van der Waals surface area contributed by atoms with Crippen molar-refractivity contribution in [3.8, 4) is 16.8 Å². The fourth-order valence-corrected chi connectivity index (χ4v) is 8.17. The average Bonchev–Trinajstić information content (AvgIpc) is 3.58. The van der Waals surface area contributed by atoms with Crippen LogP contribution in [0, 0.1) is 6.92 Å². The maximum atomic E-state index is 13.9. The van der Waals surface area contributed by atoms with E-state index in [1.54, 1.807) is 15.9 Å². The van der Waals surface area contributed by atoms with Crippen LogP contribution in [0.3, 0.4) is 0 Å². The number of nitrogens with zero attached hydrogens (tertiary/aromatic N) is 2. The zero-order valence-corrected chi connectivity index (χ0v) is 25.0. The summed E-state index contributed by atoms with van der Waals surface area (Å²) in [5.74, 6) is -0.817. The van der Waals surface area contributed by atoms with Gasteiger partial charge in [0.25, 0.3) is 5.56 Å². The number of hydrogen-bond acceptors (Lipinski definition) is 8. The van der Waals surface area contributed by atoms with Crippen molar-refractivity contribution in [1.29, 1.82) is 0 Å². The second-order valence-electron chi connectivity index (χ2n) is 9.81. The molecule has 5 aromatic rings. The van der Waals surface area contributed by atoms with Crippen molar-refractivity contribution in [2.24, 2.45) is 0 Å². The van der Waals surface area contributed by atoms with Gasteiger partial charge in [0.15, 0.2) is 5.16 Å². The molecule has 1 aliphatic rings. The van der Waals surface area contributed by atoms with E-state index < -0.39 is 5.97 Å². The highest BCUT2D eigenvalue weighted by Gasteiger charge is 2.25. The van der Waals surface area contributed by atoms with Crippen molar-refractivity contribution >= 4 is 61.5 Å². The van der Waals surface area contributed by atoms with E-state index in [1.165, 1.54) is 35.1 Å². The number of thioether (sulfide) groups is 1. The molecule has 0 radical (unpaired) electrons. The summed E-state index contributed by atoms with van der Waals surface area (Å²) >= 11 is 4.07. The molecule has 6 rings (SSSR count). The molecule has 3 aromatic heterocycles. The van der Waals surface area contributed by atoms with E-state index in [4.69, 9.17) is 9.72 Å². The summed E-state index contributed by atoms with van der Waals surface area (Å²) in [7, 11) is 1.33. The topological polar surface area (TPSA) is 90.3 Å². The molecule has 1 aliphatic carbocycles. The Hall–Kier alpha value is -3.73. The summed E-state index contributed by atoms with van der Waals surface area (Å²) in [6, 6.07) is 17.2. The van der Waals surface area contributed by atoms with Gasteiger partial charge in [0, 0.05) is 15.8 Å². The number of anilines is 1. The summed E-state index contributed by atoms with van der Waals surface area (Å²) in [5, 5.41) is 6.33. The summed E-state index contributed by atoms with van der Waals surface area (Å²) < 4.78 is 6.66. The SMILES string of the molecule is COC(=O)c1c(-c2ccc(C)cc2)csc1NC(=O)CSc1nc2sc3c(c2c(=O)n1-c1ccccc1)CCCC3. The molecule has 0 fully saturated rings. The van der Waals surface area contributed by atoms with Crippen LogP contribution < -0.4 is 10.9 Å². The van der Waals surface area contributed by atoms with Crippen LogP contribution in [0.4, 0.5) is 5.00 Å². The molecule has 0 aliphatic heterocycles. The number of para-hydroxylation sites is 1. The smallest absolute Gasteiger partial charge is 0.341 e. The predicted molar refractivity (Wildman–Crippen MR) is 167 cm³/mol. The highest BCUT2D eigenvalue weighted by atomic mass is 32.2. The van der Waals surface area contributed by atoms with Crippen LogP contribution in [-0.2, 0) is 22.4 Å². The third-order valence-corrected chi connectivity index (χ3v) is 10.1. The maximum Gasteiger partial charge on any atom is 0.341 e. The Labute approximate surface area is 249 Å². The van der Waals surface area contributed by atoms with Gasteiger partial charge in [-0.3, -0.25) is 14.2 Å². The van der Waals surface area contributed by atoms with Crippen molar-refractivity contribution < 1.29 is 14.3 Å². The van der Waals surface area contributed by atoms with Gasteiger partial charge in [0.2, 0.25) is 5.91 Å². The Kier molecular flexibility index (Phi) is 7.79. The summed E-state index contributed by atoms with van der Waals surface area (Å²) in [4.78, 5) is 46.7. The lowest BCUT2D eigenvalue weighted by atomic mass is 9.97. The number of benzene rings is 2. The van der Waals surface area contributed by atoms with E-state index in [2.05, 4.69) is 5.32 Å². The van der Waals surface area contributed by atoms with Crippen molar-refractivity contribution in [1.82, 2.24) is 9.55 Å². The normalized spacial score (nSPS) is 12.7. The molecule has 0 saturated heterocycles. The highest BCUT2D eigenvalue weighted by Crippen LogP contribution is 2.37. The number of rotatable bonds is 7. The first-order valence-corrected chi connectivity index (χ1v) is 15.9. The van der Waals surface area contributed by atoms with Crippen LogP contribution in [0.5, 0.6) is 0 Å². The summed E-state index contributed by atoms with van der Waals surface area (Å²) in [6.07, 6.45) is 4.06. The molecular weight excluding hydrogens is 575 g/mol. The van der Waals surface area contributed by atoms with Crippen LogP contribution in [0.25, 0.3) is 27.0 Å². The number of aryl methyl sites for hydroxylation is 3. The Morgan fingerprint density at radius 2 is 1.83 bits per heavy atom. The first kappa shape index (κ1) is 27.4. The molecule has 10 heteroatoms. The van der Waals surface area contributed by atoms with Gasteiger partial charge in [-0.05, 0) is 55.9 Å². The molecule has 7 nitrogen and oxygen atoms in total. The van der Waals surface area contributed by atoms with Gasteiger partial charge in [-0.25, -0.2) is 9.78 Å². The van der Waals surface area contributed by atoms with E-state index in [0.717, 1.165) is 47.2 Å². The highest BCUT2D eigenvalue weighted by molar-refractivity contribution is 7.99. The summed E-state index contributed by atoms with van der Waals surface area (Å²) in [5.41, 5.74) is 4.74. The number of carbonyl (C=O) groups is 2. The van der Waals surface area contributed by atoms with E-state index in [1.807, 2.05) is 66.9 Å². The standard InChI is InChI=1S/C31H27N3O4S3/c1-18-12-14-19(15-13-18)22-16-39-27(26(22)30(37)38-2)32-24(35)17-40-31-33-28-25(21-10-6-7-11-23(21)41-28)29(36)34(31)20-8-4-3-5-9-20/h3-5,8-9,12-16H,6-7,10-11,17H2,1-2H3,(H,32,35). The number of esters is 1. The quantitative estimate of drug-likeness (QED) is 0.124. The second kappa shape index (κ2) is 11.6. The zero-order valence-electron chi connectivity index (χ0n) is 22.6. The number of ether oxygens (including phenoxy) is 1. The minimum atomic E-state index is -0.517. The lowest BCUT2D eigenvalue weighted by molar-refractivity contribution is -0.113. The van der Waals surface area contributed by atoms with Gasteiger partial charge in [-0.1, -0.05) is 59.8 Å². The van der Waals surface area contributed by atoms with Crippen molar-refractivity contribution in [2.45, 2.75) is 37.8 Å². The molecule has 41 heavy (non-hydrogen) atoms. The molecule has 1 N–H and O–H groups in total. The number of hydrogen-bond donors (Lipinski definition) is 1. The number of carbonyl (C=O) groups excluding carboxylic acids is 2. The Bertz CT molecular complexity index is 1820. The number of methoxy groups -OCH3 is 1. The van der Waals surface area contributed by atoms with Crippen molar-refractivity contribution in [3.63, 3.8) is 0 Å². The first-order valence-electron chi connectivity index (χ1n) is 13.3. The Morgan fingerprint density at radius 3 is 2.59 bits per heavy atom. The maximum absolute atomic E-state index is 13.9. The van der Waals surface area contributed by atoms with Crippen LogP contribution >= 0.6 is 34.4 Å². The lowest BCUT2D eigenvalue weighted by Gasteiger charge is -2.13. The van der Waals surface area contributed by atoms with Crippen molar-refractivity contribution in [3.05, 3.63) is 91.9 Å². The Morgan fingerprint density at radius 1 is 1.07 bits per heavy atom. The van der Waals surface area contributed by atoms with Crippen molar-refractivity contribution in [2.75, 3.05) is 18.2 Å². The minimum absolute atomic E-state index is 0.00818. The van der Waals surface area contributed by atoms with Crippen LogP contribution in [-0.4, -0.2) is 34.3 Å². The van der Waals surface area contributed by atoms with E-state index in [0.29, 0.717) is 32.4 Å². The van der Waals surface area contributed by atoms with Gasteiger partial charge in [0.05, 0.1) is 23.9 Å². The van der Waals surface area contributed by atoms with E-state index in [-0.39, 0.29) is 17.2 Å². The molecule has 208 valence electrons. The molecule has 0 unspecified atom stereocenters. The zero-order chi connectivity index (χ0) is 28.5. The van der Waals surface area contributed by atoms with E-state index >= 15 is 0 Å². The molecule has 3 heterocycles. The van der Waals surface area contributed by atoms with Gasteiger partial charge in [-0.2, -0.15) is 0 Å². The summed E-state index contributed by atoms with van der Waals surface area (Å²) in [6.45, 7) is 2.00. The molecule has 2 aromatic carbocycles. The number of thiophene rings is 2. The predicted octanol–water partition coefficient (Wildman–Crippen LogP) is 6.88. The molecular formula is C31H27N3O4S3. The van der Waals surface area contributed by atoms with Crippen LogP contribution in [0.15, 0.2) is 69.9 Å². The molecule has 0 bridgehead atoms. The minimum Gasteiger partial charge on any atom is -0.465 e. The molecule has 1 amide bonds. The number of aromatic nitrogens is 2. The number of fused-ring (bicyclic) bond motifs is 3. The average molecular weight is 602 g/mol. The lowest BCUT2D eigenvalue weighted by Crippen LogP contribution is -2.23. The first-order chi connectivity index (χ1) is 19.9. The van der Waals surface area contributed by atoms with Gasteiger partial charge in [0.1, 0.15) is 15.4 Å². The van der Waals surface area contributed by atoms with Gasteiger partial charge < -0.3 is 10.1 Å². The molecule has 0 saturated carbocycles. The fourth-order valence-electron chi connectivity index (χ4n) is 5.08. The van der Waals surface area contributed by atoms with E-state index in [9.17, 15) is 14.4 Å². The third-order valence-electron chi connectivity index (χ3n) is 7.10. The second-order valence-corrected chi connectivity index (χ2v) is 12.7. The monoisotopic (exact) mass is 601 g/mol. The van der Waals surface area contributed by atoms with Crippen LogP contribution in [0.1, 0.15) is 39.2 Å². The number of nitrogens with one attached hydrogen (secondary N) is 1. The van der Waals surface area contributed by atoms with Crippen LogP contribution in [0.2, 0.25) is 0 Å². The molecule has 0 spiro atoms. The number of amides is 1.